The molecule has 1 aromatic heterocycles. The lowest BCUT2D eigenvalue weighted by Crippen LogP contribution is -2.15. The molecule has 5 nitrogen and oxygen atoms in total. The molecule has 2 aromatic carbocycles. The molecule has 33 heavy (non-hydrogen) atoms. The van der Waals surface area contributed by atoms with Crippen molar-refractivity contribution >= 4 is 46.6 Å². The molecule has 0 aliphatic carbocycles. The number of thioether (sulfide) groups is 1. The van der Waals surface area contributed by atoms with E-state index >= 15 is 0 Å². The largest absolute Gasteiger partial charge is 0.497 e. The maximum atomic E-state index is 13.7. The summed E-state index contributed by atoms with van der Waals surface area (Å²) < 4.78 is 46.1. The second-order valence-corrected chi connectivity index (χ2v) is 8.32. The molecule has 3 aromatic rings. The van der Waals surface area contributed by atoms with E-state index in [2.05, 4.69) is 10.3 Å². The van der Waals surface area contributed by atoms with Gasteiger partial charge in [0.2, 0.25) is 5.91 Å². The van der Waals surface area contributed by atoms with Crippen LogP contribution in [0.5, 0.6) is 5.75 Å². The summed E-state index contributed by atoms with van der Waals surface area (Å²) >= 11 is 12.5. The third kappa shape index (κ3) is 6.11. The molecule has 1 amide bonds. The molecular formula is C22H14Cl2F3N3O2S. The van der Waals surface area contributed by atoms with E-state index in [1.165, 1.54) is 25.3 Å². The lowest BCUT2D eigenvalue weighted by Gasteiger charge is -2.14. The standard InChI is InChI=1S/C22H14Cl2F3N3O2S/c1-32-14-5-2-12(3-6-14)19-9-16(22(25,26)27)15(10-28)21(30-19)33-11-20(31)29-13-4-7-17(23)18(24)8-13/h2-9H,11H2,1H3,(H,29,31). The van der Waals surface area contributed by atoms with E-state index in [4.69, 9.17) is 27.9 Å². The van der Waals surface area contributed by atoms with Crippen molar-refractivity contribution in [2.75, 3.05) is 18.2 Å². The number of pyridine rings is 1. The summed E-state index contributed by atoms with van der Waals surface area (Å²) in [6.07, 6.45) is -4.78. The van der Waals surface area contributed by atoms with Crippen LogP contribution in [0.3, 0.4) is 0 Å². The van der Waals surface area contributed by atoms with Gasteiger partial charge in [0.15, 0.2) is 0 Å². The van der Waals surface area contributed by atoms with Crippen molar-refractivity contribution in [1.82, 2.24) is 4.98 Å². The van der Waals surface area contributed by atoms with Crippen molar-refractivity contribution in [1.29, 1.82) is 5.26 Å². The van der Waals surface area contributed by atoms with Gasteiger partial charge in [0.25, 0.3) is 0 Å². The average Bonchev–Trinajstić information content (AvgIpc) is 2.79. The van der Waals surface area contributed by atoms with Gasteiger partial charge in [-0.2, -0.15) is 18.4 Å². The number of alkyl halides is 3. The number of hydrogen-bond acceptors (Lipinski definition) is 5. The van der Waals surface area contributed by atoms with Gasteiger partial charge in [-0.05, 0) is 48.5 Å². The topological polar surface area (TPSA) is 75.0 Å². The van der Waals surface area contributed by atoms with Gasteiger partial charge in [-0.3, -0.25) is 4.79 Å². The second-order valence-electron chi connectivity index (χ2n) is 6.54. The monoisotopic (exact) mass is 511 g/mol. The van der Waals surface area contributed by atoms with Crippen LogP contribution in [0.1, 0.15) is 11.1 Å². The summed E-state index contributed by atoms with van der Waals surface area (Å²) in [5.74, 6) is -0.282. The average molecular weight is 512 g/mol. The Morgan fingerprint density at radius 1 is 1.15 bits per heavy atom. The summed E-state index contributed by atoms with van der Waals surface area (Å²) in [6.45, 7) is 0. The fourth-order valence-electron chi connectivity index (χ4n) is 2.77. The third-order valence-electron chi connectivity index (χ3n) is 4.33. The summed E-state index contributed by atoms with van der Waals surface area (Å²) in [5, 5.41) is 12.3. The van der Waals surface area contributed by atoms with Crippen LogP contribution in [0.25, 0.3) is 11.3 Å². The van der Waals surface area contributed by atoms with Gasteiger partial charge < -0.3 is 10.1 Å². The van der Waals surface area contributed by atoms with Crippen LogP contribution < -0.4 is 10.1 Å². The Morgan fingerprint density at radius 3 is 2.42 bits per heavy atom. The van der Waals surface area contributed by atoms with Crippen LogP contribution in [0.4, 0.5) is 18.9 Å². The third-order valence-corrected chi connectivity index (χ3v) is 6.05. The molecule has 0 atom stereocenters. The van der Waals surface area contributed by atoms with E-state index < -0.39 is 23.2 Å². The molecule has 1 N–H and O–H groups in total. The minimum atomic E-state index is -4.78. The van der Waals surface area contributed by atoms with Gasteiger partial charge in [0.1, 0.15) is 16.8 Å². The van der Waals surface area contributed by atoms with Crippen molar-refractivity contribution < 1.29 is 22.7 Å². The fourth-order valence-corrected chi connectivity index (χ4v) is 3.87. The normalized spacial score (nSPS) is 11.1. The van der Waals surface area contributed by atoms with Crippen molar-refractivity contribution in [2.45, 2.75) is 11.2 Å². The summed E-state index contributed by atoms with van der Waals surface area (Å²) in [6, 6.07) is 13.1. The number of nitriles is 1. The molecule has 0 saturated heterocycles. The van der Waals surface area contributed by atoms with E-state index in [0.29, 0.717) is 22.0 Å². The maximum absolute atomic E-state index is 13.7. The molecule has 0 aliphatic rings. The molecule has 0 bridgehead atoms. The SMILES string of the molecule is COc1ccc(-c2cc(C(F)(F)F)c(C#N)c(SCC(=O)Nc3ccc(Cl)c(Cl)c3)n2)cc1. The number of carbonyl (C=O) groups excluding carboxylic acids is 1. The number of ether oxygens (including phenoxy) is 1. The van der Waals surface area contributed by atoms with E-state index in [1.807, 2.05) is 0 Å². The van der Waals surface area contributed by atoms with Gasteiger partial charge >= 0.3 is 6.18 Å². The number of amides is 1. The van der Waals surface area contributed by atoms with Crippen LogP contribution in [0.15, 0.2) is 53.6 Å². The maximum Gasteiger partial charge on any atom is 0.417 e. The predicted molar refractivity (Wildman–Crippen MR) is 122 cm³/mol. The first kappa shape index (κ1) is 24.7. The number of carbonyl (C=O) groups is 1. The molecule has 3 rings (SSSR count). The molecular weight excluding hydrogens is 498 g/mol. The Balaban J connectivity index is 1.91. The van der Waals surface area contributed by atoms with Crippen molar-refractivity contribution in [3.63, 3.8) is 0 Å². The zero-order chi connectivity index (χ0) is 24.2. The van der Waals surface area contributed by atoms with E-state index in [-0.39, 0.29) is 21.5 Å². The van der Waals surface area contributed by atoms with E-state index in [0.717, 1.165) is 17.8 Å². The molecule has 0 aliphatic heterocycles. The van der Waals surface area contributed by atoms with Crippen molar-refractivity contribution in [3.8, 4) is 23.1 Å². The number of methoxy groups -OCH3 is 1. The Bertz CT molecular complexity index is 1230. The Labute approximate surface area is 201 Å². The second kappa shape index (κ2) is 10.3. The van der Waals surface area contributed by atoms with Gasteiger partial charge in [0, 0.05) is 11.3 Å². The number of halogens is 5. The number of benzene rings is 2. The highest BCUT2D eigenvalue weighted by Gasteiger charge is 2.36. The Hall–Kier alpha value is -2.93. The van der Waals surface area contributed by atoms with Crippen molar-refractivity contribution in [2.24, 2.45) is 0 Å². The first-order chi connectivity index (χ1) is 15.6. The van der Waals surface area contributed by atoms with E-state index in [1.54, 1.807) is 30.3 Å². The van der Waals surface area contributed by atoms with Crippen LogP contribution in [0.2, 0.25) is 10.0 Å². The lowest BCUT2D eigenvalue weighted by atomic mass is 10.1. The number of anilines is 1. The molecule has 0 unspecified atom stereocenters. The van der Waals surface area contributed by atoms with Crippen LogP contribution in [-0.2, 0) is 11.0 Å². The number of rotatable bonds is 6. The molecule has 0 radical (unpaired) electrons. The number of nitrogens with one attached hydrogen (secondary N) is 1. The van der Waals surface area contributed by atoms with Gasteiger partial charge in [-0.15, -0.1) is 0 Å². The Morgan fingerprint density at radius 2 is 1.85 bits per heavy atom. The molecule has 11 heteroatoms. The molecule has 1 heterocycles. The zero-order valence-electron chi connectivity index (χ0n) is 16.8. The summed E-state index contributed by atoms with van der Waals surface area (Å²) in [7, 11) is 1.47. The highest BCUT2D eigenvalue weighted by Crippen LogP contribution is 2.38. The highest BCUT2D eigenvalue weighted by molar-refractivity contribution is 8.00. The minimum Gasteiger partial charge on any atom is -0.497 e. The minimum absolute atomic E-state index is 0.0105. The van der Waals surface area contributed by atoms with Gasteiger partial charge in [-0.1, -0.05) is 35.0 Å². The van der Waals surface area contributed by atoms with Crippen LogP contribution >= 0.6 is 35.0 Å². The first-order valence-corrected chi connectivity index (χ1v) is 10.9. The van der Waals surface area contributed by atoms with Gasteiger partial charge in [0.05, 0.1) is 39.7 Å². The first-order valence-electron chi connectivity index (χ1n) is 9.17. The van der Waals surface area contributed by atoms with Crippen LogP contribution in [-0.4, -0.2) is 23.8 Å². The summed E-state index contributed by atoms with van der Waals surface area (Å²) in [4.78, 5) is 16.6. The summed E-state index contributed by atoms with van der Waals surface area (Å²) in [5.41, 5.74) is -0.999. The molecule has 0 saturated carbocycles. The smallest absolute Gasteiger partial charge is 0.417 e. The molecule has 0 spiro atoms. The lowest BCUT2D eigenvalue weighted by molar-refractivity contribution is -0.138. The molecule has 0 fully saturated rings. The number of aromatic nitrogens is 1. The van der Waals surface area contributed by atoms with Gasteiger partial charge in [-0.25, -0.2) is 4.98 Å². The zero-order valence-corrected chi connectivity index (χ0v) is 19.2. The Kier molecular flexibility index (Phi) is 7.74. The number of hydrogen-bond donors (Lipinski definition) is 1. The van der Waals surface area contributed by atoms with Crippen LogP contribution in [0, 0.1) is 11.3 Å². The quantitative estimate of drug-likeness (QED) is 0.373. The number of nitrogens with zero attached hydrogens (tertiary/aromatic N) is 2. The fraction of sp³-hybridized carbons (Fsp3) is 0.136. The molecule has 170 valence electrons. The van der Waals surface area contributed by atoms with E-state index in [9.17, 15) is 23.2 Å². The van der Waals surface area contributed by atoms with Crippen molar-refractivity contribution in [3.05, 3.63) is 69.7 Å². The predicted octanol–water partition coefficient (Wildman–Crippen LogP) is 6.69. The highest BCUT2D eigenvalue weighted by atomic mass is 35.5.